The summed E-state index contributed by atoms with van der Waals surface area (Å²) in [5, 5.41) is 11.7. The van der Waals surface area contributed by atoms with E-state index in [2.05, 4.69) is 22.6 Å². The third-order valence-corrected chi connectivity index (χ3v) is 4.43. The maximum absolute atomic E-state index is 6.26. The molecule has 20 heavy (non-hydrogen) atoms. The first-order chi connectivity index (χ1) is 9.70. The van der Waals surface area contributed by atoms with Crippen LogP contribution in [0, 0.1) is 0 Å². The zero-order valence-electron chi connectivity index (χ0n) is 13.1. The van der Waals surface area contributed by atoms with E-state index in [0.717, 1.165) is 31.6 Å². The molecule has 0 aliphatic heterocycles. The van der Waals surface area contributed by atoms with E-state index in [9.17, 15) is 0 Å². The maximum Gasteiger partial charge on any atom is 0.0843 e. The van der Waals surface area contributed by atoms with E-state index in [-0.39, 0.29) is 5.60 Å². The fourth-order valence-corrected chi connectivity index (χ4v) is 3.46. The third-order valence-electron chi connectivity index (χ3n) is 4.43. The minimum Gasteiger partial charge on any atom is -0.374 e. The second-order valence-electron chi connectivity index (χ2n) is 5.84. The number of likely N-dealkylation sites (N-methyl/N-ethyl adjacent to an activating group) is 1. The van der Waals surface area contributed by atoms with Crippen LogP contribution < -0.4 is 5.32 Å². The van der Waals surface area contributed by atoms with Gasteiger partial charge in [0, 0.05) is 32.3 Å². The van der Waals surface area contributed by atoms with Crippen LogP contribution in [-0.4, -0.2) is 40.3 Å². The number of hydrogen-bond donors (Lipinski definition) is 1. The van der Waals surface area contributed by atoms with Crippen molar-refractivity contribution < 1.29 is 4.74 Å². The normalized spacial score (nSPS) is 20.6. The fourth-order valence-electron chi connectivity index (χ4n) is 3.46. The summed E-state index contributed by atoms with van der Waals surface area (Å²) >= 11 is 0. The van der Waals surface area contributed by atoms with Crippen molar-refractivity contribution in [1.82, 2.24) is 20.3 Å². The summed E-state index contributed by atoms with van der Waals surface area (Å²) in [5.41, 5.74) is 0.993. The van der Waals surface area contributed by atoms with Gasteiger partial charge in [0.2, 0.25) is 0 Å². The number of ether oxygens (including phenoxy) is 1. The summed E-state index contributed by atoms with van der Waals surface area (Å²) in [4.78, 5) is 0. The van der Waals surface area contributed by atoms with Crippen molar-refractivity contribution >= 4 is 0 Å². The van der Waals surface area contributed by atoms with Crippen LogP contribution in [0.3, 0.4) is 0 Å². The summed E-state index contributed by atoms with van der Waals surface area (Å²) in [6.07, 6.45) is 10.4. The fraction of sp³-hybridized carbons (Fsp3) is 0.867. The van der Waals surface area contributed by atoms with Gasteiger partial charge in [-0.3, -0.25) is 4.68 Å². The SMILES string of the molecule is CCOC1(C(Cc2cn(C)nn2)NC)CCCCCC1. The Morgan fingerprint density at radius 1 is 1.35 bits per heavy atom. The number of hydrogen-bond acceptors (Lipinski definition) is 4. The Kier molecular flexibility index (Phi) is 5.54. The van der Waals surface area contributed by atoms with E-state index in [1.165, 1.54) is 25.7 Å². The molecule has 5 nitrogen and oxygen atoms in total. The molecular weight excluding hydrogens is 252 g/mol. The first kappa shape index (κ1) is 15.4. The minimum atomic E-state index is -0.0441. The molecule has 0 bridgehead atoms. The summed E-state index contributed by atoms with van der Waals surface area (Å²) < 4.78 is 8.03. The molecule has 1 aromatic heterocycles. The summed E-state index contributed by atoms with van der Waals surface area (Å²) in [6.45, 7) is 2.88. The molecular formula is C15H28N4O. The van der Waals surface area contributed by atoms with Crippen molar-refractivity contribution in [3.63, 3.8) is 0 Å². The van der Waals surface area contributed by atoms with E-state index in [4.69, 9.17) is 4.74 Å². The van der Waals surface area contributed by atoms with Gasteiger partial charge in [-0.15, -0.1) is 5.10 Å². The van der Waals surface area contributed by atoms with Gasteiger partial charge < -0.3 is 10.1 Å². The van der Waals surface area contributed by atoms with E-state index in [0.29, 0.717) is 6.04 Å². The number of nitrogens with zero attached hydrogens (tertiary/aromatic N) is 3. The molecule has 1 saturated carbocycles. The Labute approximate surface area is 122 Å². The molecule has 0 saturated heterocycles. The zero-order valence-corrected chi connectivity index (χ0v) is 13.1. The molecule has 114 valence electrons. The van der Waals surface area contributed by atoms with E-state index >= 15 is 0 Å². The Balaban J connectivity index is 2.15. The average Bonchev–Trinajstić information content (AvgIpc) is 2.71. The Bertz CT molecular complexity index is 396. The highest BCUT2D eigenvalue weighted by Gasteiger charge is 2.39. The third kappa shape index (κ3) is 3.58. The molecule has 1 atom stereocenters. The van der Waals surface area contributed by atoms with Crippen molar-refractivity contribution in [2.45, 2.75) is 63.5 Å². The molecule has 1 aliphatic carbocycles. The molecule has 1 unspecified atom stereocenters. The van der Waals surface area contributed by atoms with E-state index in [1.807, 2.05) is 20.3 Å². The largest absolute Gasteiger partial charge is 0.374 e. The van der Waals surface area contributed by atoms with Gasteiger partial charge in [0.15, 0.2) is 0 Å². The molecule has 0 aromatic carbocycles. The highest BCUT2D eigenvalue weighted by atomic mass is 16.5. The zero-order chi connectivity index (χ0) is 14.4. The van der Waals surface area contributed by atoms with Crippen LogP contribution in [-0.2, 0) is 18.2 Å². The molecule has 5 heteroatoms. The van der Waals surface area contributed by atoms with Gasteiger partial charge in [0.05, 0.1) is 11.3 Å². The molecule has 0 radical (unpaired) electrons. The summed E-state index contributed by atoms with van der Waals surface area (Å²) in [5.74, 6) is 0. The van der Waals surface area contributed by atoms with Gasteiger partial charge in [-0.25, -0.2) is 0 Å². The predicted molar refractivity (Wildman–Crippen MR) is 79.6 cm³/mol. The smallest absolute Gasteiger partial charge is 0.0843 e. The van der Waals surface area contributed by atoms with Crippen LogP contribution in [0.5, 0.6) is 0 Å². The molecule has 1 heterocycles. The standard InChI is InChI=1S/C15H28N4O/c1-4-20-15(9-7-5-6-8-10-15)14(16-2)11-13-12-19(3)18-17-13/h12,14,16H,4-11H2,1-3H3. The molecule has 1 N–H and O–H groups in total. The molecule has 1 aliphatic rings. The lowest BCUT2D eigenvalue weighted by Crippen LogP contribution is -2.52. The Hall–Kier alpha value is -0.940. The molecule has 1 aromatic rings. The van der Waals surface area contributed by atoms with Crippen LogP contribution >= 0.6 is 0 Å². The van der Waals surface area contributed by atoms with E-state index < -0.39 is 0 Å². The van der Waals surface area contributed by atoms with Crippen LogP contribution in [0.1, 0.15) is 51.1 Å². The van der Waals surface area contributed by atoms with E-state index in [1.54, 1.807) is 4.68 Å². The highest BCUT2D eigenvalue weighted by Crippen LogP contribution is 2.34. The number of aromatic nitrogens is 3. The second kappa shape index (κ2) is 7.18. The molecule has 0 spiro atoms. The average molecular weight is 280 g/mol. The van der Waals surface area contributed by atoms with Gasteiger partial charge in [-0.1, -0.05) is 30.9 Å². The lowest BCUT2D eigenvalue weighted by molar-refractivity contribution is -0.0754. The predicted octanol–water partition coefficient (Wildman–Crippen LogP) is 2.08. The minimum absolute atomic E-state index is 0.0441. The highest BCUT2D eigenvalue weighted by molar-refractivity contribution is 5.03. The van der Waals surface area contributed by atoms with Gasteiger partial charge >= 0.3 is 0 Å². The summed E-state index contributed by atoms with van der Waals surface area (Å²) in [6, 6.07) is 0.303. The van der Waals surface area contributed by atoms with Crippen molar-refractivity contribution in [2.24, 2.45) is 7.05 Å². The Morgan fingerprint density at radius 2 is 2.05 bits per heavy atom. The second-order valence-corrected chi connectivity index (χ2v) is 5.84. The number of nitrogens with one attached hydrogen (secondary N) is 1. The van der Waals surface area contributed by atoms with Crippen molar-refractivity contribution in [2.75, 3.05) is 13.7 Å². The van der Waals surface area contributed by atoms with Crippen LogP contribution in [0.15, 0.2) is 6.20 Å². The molecule has 2 rings (SSSR count). The van der Waals surface area contributed by atoms with Gasteiger partial charge in [-0.05, 0) is 26.8 Å². The monoisotopic (exact) mass is 280 g/mol. The number of aryl methyl sites for hydroxylation is 1. The van der Waals surface area contributed by atoms with Crippen molar-refractivity contribution in [3.8, 4) is 0 Å². The molecule has 0 amide bonds. The van der Waals surface area contributed by atoms with Crippen molar-refractivity contribution in [3.05, 3.63) is 11.9 Å². The summed E-state index contributed by atoms with van der Waals surface area (Å²) in [7, 11) is 3.95. The van der Waals surface area contributed by atoms with Crippen LogP contribution in [0.2, 0.25) is 0 Å². The number of rotatable bonds is 6. The van der Waals surface area contributed by atoms with Gasteiger partial charge in [0.1, 0.15) is 0 Å². The first-order valence-corrected chi connectivity index (χ1v) is 7.86. The van der Waals surface area contributed by atoms with Crippen LogP contribution in [0.4, 0.5) is 0 Å². The quantitative estimate of drug-likeness (QED) is 0.811. The van der Waals surface area contributed by atoms with Crippen LogP contribution in [0.25, 0.3) is 0 Å². The lowest BCUT2D eigenvalue weighted by Gasteiger charge is -2.40. The van der Waals surface area contributed by atoms with Gasteiger partial charge in [0.25, 0.3) is 0 Å². The molecule has 1 fully saturated rings. The Morgan fingerprint density at radius 3 is 2.55 bits per heavy atom. The van der Waals surface area contributed by atoms with Crippen molar-refractivity contribution in [1.29, 1.82) is 0 Å². The maximum atomic E-state index is 6.26. The topological polar surface area (TPSA) is 52.0 Å². The lowest BCUT2D eigenvalue weighted by atomic mass is 9.83. The van der Waals surface area contributed by atoms with Gasteiger partial charge in [-0.2, -0.15) is 0 Å². The first-order valence-electron chi connectivity index (χ1n) is 7.86.